The molecule has 2 N–H and O–H groups in total. The van der Waals surface area contributed by atoms with Gasteiger partial charge in [-0.25, -0.2) is 0 Å². The number of benzene rings is 1. The van der Waals surface area contributed by atoms with Crippen LogP contribution in [0.15, 0.2) is 30.5 Å². The monoisotopic (exact) mass is 280 g/mol. The Hall–Kier alpha value is -2.41. The number of aromatic nitrogens is 2. The topological polar surface area (TPSA) is 104 Å². The van der Waals surface area contributed by atoms with Gasteiger partial charge in [-0.1, -0.05) is 29.8 Å². The number of carbonyl (C=O) groups is 1. The van der Waals surface area contributed by atoms with E-state index in [1.54, 1.807) is 24.3 Å². The molecule has 0 fully saturated rings. The standard InChI is InChI=1S/C11H9ClN4O3/c12-9-6-15(14-11(9)16(18)19)5-7-3-1-2-4-8(7)10(13)17/h1-4,6H,5H2,(H2,13,17). The first-order valence-electron chi connectivity index (χ1n) is 5.24. The van der Waals surface area contributed by atoms with E-state index in [0.29, 0.717) is 11.1 Å². The fourth-order valence-corrected chi connectivity index (χ4v) is 1.88. The summed E-state index contributed by atoms with van der Waals surface area (Å²) < 4.78 is 1.29. The summed E-state index contributed by atoms with van der Waals surface area (Å²) in [6.07, 6.45) is 1.33. The summed E-state index contributed by atoms with van der Waals surface area (Å²) in [4.78, 5) is 21.2. The summed E-state index contributed by atoms with van der Waals surface area (Å²) in [5.74, 6) is -0.985. The van der Waals surface area contributed by atoms with E-state index in [2.05, 4.69) is 5.10 Å². The third-order valence-corrected chi connectivity index (χ3v) is 2.75. The molecule has 7 nitrogen and oxygen atoms in total. The van der Waals surface area contributed by atoms with Crippen LogP contribution in [-0.4, -0.2) is 20.6 Å². The number of nitrogens with zero attached hydrogens (tertiary/aromatic N) is 3. The minimum absolute atomic E-state index is 0.0541. The van der Waals surface area contributed by atoms with E-state index < -0.39 is 16.6 Å². The largest absolute Gasteiger partial charge is 0.408 e. The Balaban J connectivity index is 2.34. The number of nitro groups is 1. The predicted molar refractivity (Wildman–Crippen MR) is 68.0 cm³/mol. The normalized spacial score (nSPS) is 10.4. The highest BCUT2D eigenvalue weighted by atomic mass is 35.5. The van der Waals surface area contributed by atoms with Crippen LogP contribution in [0.1, 0.15) is 15.9 Å². The van der Waals surface area contributed by atoms with Crippen LogP contribution >= 0.6 is 11.6 Å². The number of nitrogens with two attached hydrogens (primary N) is 1. The van der Waals surface area contributed by atoms with Crippen LogP contribution in [0.25, 0.3) is 0 Å². The van der Waals surface area contributed by atoms with E-state index in [-0.39, 0.29) is 11.6 Å². The Bertz CT molecular complexity index is 653. The summed E-state index contributed by atoms with van der Waals surface area (Å²) in [6.45, 7) is 0.173. The molecular weight excluding hydrogens is 272 g/mol. The lowest BCUT2D eigenvalue weighted by atomic mass is 10.1. The van der Waals surface area contributed by atoms with Gasteiger partial charge in [0, 0.05) is 5.56 Å². The molecule has 1 aromatic carbocycles. The summed E-state index contributed by atoms with van der Waals surface area (Å²) in [5.41, 5.74) is 6.21. The average Bonchev–Trinajstić information content (AvgIpc) is 2.71. The Morgan fingerprint density at radius 1 is 1.47 bits per heavy atom. The number of hydrogen-bond acceptors (Lipinski definition) is 4. The quantitative estimate of drug-likeness (QED) is 0.678. The molecule has 98 valence electrons. The van der Waals surface area contributed by atoms with Gasteiger partial charge in [0.05, 0.1) is 17.8 Å². The van der Waals surface area contributed by atoms with E-state index in [9.17, 15) is 14.9 Å². The van der Waals surface area contributed by atoms with Gasteiger partial charge in [-0.15, -0.1) is 0 Å². The van der Waals surface area contributed by atoms with E-state index in [4.69, 9.17) is 17.3 Å². The molecule has 2 aromatic rings. The fraction of sp³-hybridized carbons (Fsp3) is 0.0909. The zero-order chi connectivity index (χ0) is 14.0. The zero-order valence-electron chi connectivity index (χ0n) is 9.62. The van der Waals surface area contributed by atoms with Crippen molar-refractivity contribution in [3.63, 3.8) is 0 Å². The number of primary amides is 1. The molecule has 2 rings (SSSR count). The molecule has 1 heterocycles. The first-order chi connectivity index (χ1) is 8.99. The van der Waals surface area contributed by atoms with Gasteiger partial charge in [0.25, 0.3) is 0 Å². The third-order valence-electron chi connectivity index (χ3n) is 2.49. The van der Waals surface area contributed by atoms with Crippen molar-refractivity contribution in [1.29, 1.82) is 0 Å². The van der Waals surface area contributed by atoms with Gasteiger partial charge in [-0.3, -0.25) is 4.79 Å². The number of halogens is 1. The van der Waals surface area contributed by atoms with Gasteiger partial charge in [0.1, 0.15) is 0 Å². The molecule has 0 radical (unpaired) electrons. The molecule has 0 saturated heterocycles. The average molecular weight is 281 g/mol. The molecule has 0 aliphatic rings. The van der Waals surface area contributed by atoms with Crippen molar-refractivity contribution in [2.24, 2.45) is 5.73 Å². The molecule has 1 aromatic heterocycles. The van der Waals surface area contributed by atoms with Crippen molar-refractivity contribution in [3.05, 3.63) is 56.7 Å². The second-order valence-corrected chi connectivity index (χ2v) is 4.18. The molecular formula is C11H9ClN4O3. The van der Waals surface area contributed by atoms with Crippen molar-refractivity contribution < 1.29 is 9.72 Å². The Labute approximate surface area is 112 Å². The van der Waals surface area contributed by atoms with Gasteiger partial charge in [0.15, 0.2) is 5.02 Å². The number of carbonyl (C=O) groups excluding carboxylic acids is 1. The fourth-order valence-electron chi connectivity index (χ4n) is 1.66. The van der Waals surface area contributed by atoms with E-state index in [0.717, 1.165) is 0 Å². The SMILES string of the molecule is NC(=O)c1ccccc1Cn1cc(Cl)c([N+](=O)[O-])n1. The molecule has 0 aliphatic carbocycles. The lowest BCUT2D eigenvalue weighted by Crippen LogP contribution is -2.15. The molecule has 0 atom stereocenters. The lowest BCUT2D eigenvalue weighted by molar-refractivity contribution is -0.389. The highest BCUT2D eigenvalue weighted by molar-refractivity contribution is 6.32. The first-order valence-corrected chi connectivity index (χ1v) is 5.62. The van der Waals surface area contributed by atoms with Crippen molar-refractivity contribution >= 4 is 23.3 Å². The van der Waals surface area contributed by atoms with E-state index in [1.807, 2.05) is 0 Å². The minimum Gasteiger partial charge on any atom is -0.366 e. The summed E-state index contributed by atoms with van der Waals surface area (Å²) in [6, 6.07) is 6.70. The van der Waals surface area contributed by atoms with E-state index in [1.165, 1.54) is 10.9 Å². The Morgan fingerprint density at radius 3 is 2.74 bits per heavy atom. The van der Waals surface area contributed by atoms with Gasteiger partial charge in [-0.2, -0.15) is 4.68 Å². The third kappa shape index (κ3) is 2.71. The second-order valence-electron chi connectivity index (χ2n) is 3.78. The predicted octanol–water partition coefficient (Wildman–Crippen LogP) is 1.59. The summed E-state index contributed by atoms with van der Waals surface area (Å²) in [7, 11) is 0. The van der Waals surface area contributed by atoms with Crippen LogP contribution in [0, 0.1) is 10.1 Å². The summed E-state index contributed by atoms with van der Waals surface area (Å²) >= 11 is 5.69. The molecule has 8 heteroatoms. The van der Waals surface area contributed by atoms with E-state index >= 15 is 0 Å². The van der Waals surface area contributed by atoms with Gasteiger partial charge < -0.3 is 15.8 Å². The van der Waals surface area contributed by atoms with Crippen LogP contribution in [0.3, 0.4) is 0 Å². The molecule has 1 amide bonds. The minimum atomic E-state index is -0.668. The van der Waals surface area contributed by atoms with Crippen LogP contribution in [0.2, 0.25) is 5.02 Å². The maximum absolute atomic E-state index is 11.3. The van der Waals surface area contributed by atoms with Crippen LogP contribution in [0.5, 0.6) is 0 Å². The van der Waals surface area contributed by atoms with Crippen LogP contribution in [-0.2, 0) is 6.54 Å². The van der Waals surface area contributed by atoms with Crippen LogP contribution in [0.4, 0.5) is 5.82 Å². The van der Waals surface area contributed by atoms with Crippen molar-refractivity contribution in [1.82, 2.24) is 9.78 Å². The number of amides is 1. The van der Waals surface area contributed by atoms with Crippen molar-refractivity contribution in [2.75, 3.05) is 0 Å². The Morgan fingerprint density at radius 2 is 2.16 bits per heavy atom. The first kappa shape index (κ1) is 13.0. The number of rotatable bonds is 4. The van der Waals surface area contributed by atoms with Crippen LogP contribution < -0.4 is 5.73 Å². The molecule has 19 heavy (non-hydrogen) atoms. The van der Waals surface area contributed by atoms with Gasteiger partial charge in [-0.05, 0) is 16.6 Å². The highest BCUT2D eigenvalue weighted by Gasteiger charge is 2.19. The van der Waals surface area contributed by atoms with Gasteiger partial charge in [0.2, 0.25) is 5.91 Å². The molecule has 0 saturated carbocycles. The molecule has 0 aliphatic heterocycles. The molecule has 0 spiro atoms. The number of hydrogen-bond donors (Lipinski definition) is 1. The van der Waals surface area contributed by atoms with Crippen molar-refractivity contribution in [2.45, 2.75) is 6.54 Å². The Kier molecular flexibility index (Phi) is 3.48. The lowest BCUT2D eigenvalue weighted by Gasteiger charge is -2.03. The molecule has 0 bridgehead atoms. The second kappa shape index (κ2) is 5.07. The molecule has 0 unspecified atom stereocenters. The van der Waals surface area contributed by atoms with Crippen molar-refractivity contribution in [3.8, 4) is 0 Å². The smallest absolute Gasteiger partial charge is 0.366 e. The highest BCUT2D eigenvalue weighted by Crippen LogP contribution is 2.22. The zero-order valence-corrected chi connectivity index (χ0v) is 10.4. The maximum atomic E-state index is 11.3. The summed E-state index contributed by atoms with van der Waals surface area (Å²) in [5, 5.41) is 14.3. The van der Waals surface area contributed by atoms with Gasteiger partial charge >= 0.3 is 5.82 Å². The maximum Gasteiger partial charge on any atom is 0.408 e.